The SMILES string of the molecule is CCOC(=O)[C@H](NC(=O)OC(C)(C)C)[C@@](C#N)(C(=O)OCc1ccccc1)c1cccs1. The summed E-state index contributed by atoms with van der Waals surface area (Å²) in [6.45, 7) is 6.40. The van der Waals surface area contributed by atoms with Gasteiger partial charge in [0.05, 0.1) is 12.7 Å². The van der Waals surface area contributed by atoms with E-state index >= 15 is 0 Å². The third kappa shape index (κ3) is 6.08. The molecule has 2 rings (SSSR count). The van der Waals surface area contributed by atoms with E-state index in [4.69, 9.17) is 14.2 Å². The zero-order chi connectivity index (χ0) is 23.8. The van der Waals surface area contributed by atoms with E-state index in [1.54, 1.807) is 63.4 Å². The Balaban J connectivity index is 2.47. The van der Waals surface area contributed by atoms with Gasteiger partial charge in [0.1, 0.15) is 12.2 Å². The summed E-state index contributed by atoms with van der Waals surface area (Å²) in [6, 6.07) is 12.3. The fourth-order valence-corrected chi connectivity index (χ4v) is 3.75. The second-order valence-corrected chi connectivity index (χ2v) is 8.74. The number of hydrogen-bond acceptors (Lipinski definition) is 8. The Labute approximate surface area is 191 Å². The number of esters is 2. The summed E-state index contributed by atoms with van der Waals surface area (Å²) in [5, 5.41) is 14.2. The third-order valence-electron chi connectivity index (χ3n) is 4.24. The topological polar surface area (TPSA) is 115 Å². The summed E-state index contributed by atoms with van der Waals surface area (Å²) in [6.07, 6.45) is -0.970. The molecule has 0 aliphatic carbocycles. The van der Waals surface area contributed by atoms with Crippen molar-refractivity contribution in [3.8, 4) is 6.07 Å². The van der Waals surface area contributed by atoms with Crippen LogP contribution in [0.5, 0.6) is 0 Å². The number of amides is 1. The van der Waals surface area contributed by atoms with Crippen LogP contribution in [0, 0.1) is 11.3 Å². The lowest BCUT2D eigenvalue weighted by Gasteiger charge is -2.31. The van der Waals surface area contributed by atoms with Gasteiger partial charge in [-0.2, -0.15) is 5.26 Å². The Morgan fingerprint density at radius 1 is 1.09 bits per heavy atom. The average molecular weight is 459 g/mol. The van der Waals surface area contributed by atoms with Crippen molar-refractivity contribution in [3.05, 3.63) is 58.3 Å². The predicted molar refractivity (Wildman–Crippen MR) is 118 cm³/mol. The molecule has 1 aromatic heterocycles. The molecule has 1 amide bonds. The zero-order valence-corrected chi connectivity index (χ0v) is 19.2. The minimum Gasteiger partial charge on any atom is -0.464 e. The Hall–Kier alpha value is -3.38. The molecule has 0 saturated heterocycles. The first-order chi connectivity index (χ1) is 15.1. The summed E-state index contributed by atoms with van der Waals surface area (Å²) >= 11 is 1.09. The van der Waals surface area contributed by atoms with Crippen molar-refractivity contribution >= 4 is 29.4 Å². The quantitative estimate of drug-likeness (QED) is 0.474. The van der Waals surface area contributed by atoms with Gasteiger partial charge in [-0.15, -0.1) is 11.3 Å². The number of ether oxygens (including phenoxy) is 3. The molecule has 2 atom stereocenters. The minimum atomic E-state index is -2.17. The second-order valence-electron chi connectivity index (χ2n) is 7.79. The maximum absolute atomic E-state index is 13.3. The van der Waals surface area contributed by atoms with Gasteiger partial charge < -0.3 is 19.5 Å². The molecular formula is C23H26N2O6S. The Morgan fingerprint density at radius 2 is 1.78 bits per heavy atom. The van der Waals surface area contributed by atoms with Crippen molar-refractivity contribution in [1.29, 1.82) is 5.26 Å². The molecule has 0 unspecified atom stereocenters. The van der Waals surface area contributed by atoms with E-state index in [-0.39, 0.29) is 18.1 Å². The Kier molecular flexibility index (Phi) is 8.38. The fourth-order valence-electron chi connectivity index (χ4n) is 2.86. The van der Waals surface area contributed by atoms with Crippen LogP contribution in [-0.2, 0) is 35.8 Å². The maximum atomic E-state index is 13.3. The van der Waals surface area contributed by atoms with Crippen molar-refractivity contribution in [2.24, 2.45) is 0 Å². The Bertz CT molecular complexity index is 963. The van der Waals surface area contributed by atoms with Gasteiger partial charge >= 0.3 is 18.0 Å². The van der Waals surface area contributed by atoms with Crippen LogP contribution in [0.1, 0.15) is 38.1 Å². The smallest absolute Gasteiger partial charge is 0.408 e. The molecule has 0 aliphatic heterocycles. The fraction of sp³-hybridized carbons (Fsp3) is 0.391. The van der Waals surface area contributed by atoms with E-state index in [2.05, 4.69) is 5.32 Å². The molecule has 0 fully saturated rings. The van der Waals surface area contributed by atoms with Crippen LogP contribution in [0.3, 0.4) is 0 Å². The molecule has 1 heterocycles. The average Bonchev–Trinajstić information content (AvgIpc) is 3.27. The van der Waals surface area contributed by atoms with Crippen LogP contribution < -0.4 is 5.32 Å². The van der Waals surface area contributed by atoms with E-state index in [9.17, 15) is 19.6 Å². The molecule has 1 N–H and O–H groups in total. The number of nitrogens with one attached hydrogen (secondary N) is 1. The standard InChI is InChI=1S/C23H26N2O6S/c1-5-29-19(26)18(25-21(28)31-22(2,3)4)23(15-24,17-12-9-13-32-17)20(27)30-14-16-10-7-6-8-11-16/h6-13,18H,5,14H2,1-4H3,(H,25,28)/t18-,23-/m0/s1. The van der Waals surface area contributed by atoms with Crippen molar-refractivity contribution in [1.82, 2.24) is 5.32 Å². The van der Waals surface area contributed by atoms with Gasteiger partial charge in [0.15, 0.2) is 6.04 Å². The lowest BCUT2D eigenvalue weighted by atomic mass is 9.79. The maximum Gasteiger partial charge on any atom is 0.408 e. The minimum absolute atomic E-state index is 0.0175. The monoisotopic (exact) mass is 458 g/mol. The van der Waals surface area contributed by atoms with Crippen LogP contribution in [-0.4, -0.2) is 36.3 Å². The number of benzene rings is 1. The first kappa shape index (κ1) is 24.9. The van der Waals surface area contributed by atoms with E-state index in [0.717, 1.165) is 11.3 Å². The molecule has 170 valence electrons. The number of nitrogens with zero attached hydrogens (tertiary/aromatic N) is 1. The summed E-state index contributed by atoms with van der Waals surface area (Å²) in [5.41, 5.74) is -2.34. The van der Waals surface area contributed by atoms with E-state index in [1.165, 1.54) is 6.07 Å². The second kappa shape index (κ2) is 10.8. The van der Waals surface area contributed by atoms with Gasteiger partial charge in [-0.3, -0.25) is 0 Å². The van der Waals surface area contributed by atoms with Crippen molar-refractivity contribution in [3.63, 3.8) is 0 Å². The molecular weight excluding hydrogens is 432 g/mol. The summed E-state index contributed by atoms with van der Waals surface area (Å²) < 4.78 is 15.8. The molecule has 0 radical (unpaired) electrons. The molecule has 0 spiro atoms. The normalized spacial score (nSPS) is 13.7. The van der Waals surface area contributed by atoms with Gasteiger partial charge in [-0.05, 0) is 44.7 Å². The van der Waals surface area contributed by atoms with Crippen LogP contribution in [0.2, 0.25) is 0 Å². The lowest BCUT2D eigenvalue weighted by molar-refractivity contribution is -0.158. The highest BCUT2D eigenvalue weighted by molar-refractivity contribution is 7.10. The van der Waals surface area contributed by atoms with Crippen LogP contribution in [0.4, 0.5) is 4.79 Å². The van der Waals surface area contributed by atoms with E-state index < -0.39 is 35.1 Å². The number of alkyl carbamates (subject to hydrolysis) is 1. The molecule has 1 aromatic carbocycles. The lowest BCUT2D eigenvalue weighted by Crippen LogP contribution is -2.59. The third-order valence-corrected chi connectivity index (χ3v) is 5.24. The highest BCUT2D eigenvalue weighted by Crippen LogP contribution is 2.34. The van der Waals surface area contributed by atoms with Gasteiger partial charge in [0, 0.05) is 4.88 Å². The van der Waals surface area contributed by atoms with E-state index in [1.807, 2.05) is 12.1 Å². The molecule has 2 aromatic rings. The van der Waals surface area contributed by atoms with Gasteiger partial charge in [0.2, 0.25) is 5.41 Å². The zero-order valence-electron chi connectivity index (χ0n) is 18.4. The molecule has 32 heavy (non-hydrogen) atoms. The first-order valence-electron chi connectivity index (χ1n) is 9.96. The van der Waals surface area contributed by atoms with Crippen LogP contribution in [0.15, 0.2) is 47.8 Å². The van der Waals surface area contributed by atoms with Crippen molar-refractivity contribution in [2.45, 2.75) is 51.4 Å². The van der Waals surface area contributed by atoms with Crippen molar-refractivity contribution in [2.75, 3.05) is 6.61 Å². The van der Waals surface area contributed by atoms with Gasteiger partial charge in [-0.1, -0.05) is 36.4 Å². The molecule has 0 saturated carbocycles. The van der Waals surface area contributed by atoms with Crippen molar-refractivity contribution < 1.29 is 28.6 Å². The van der Waals surface area contributed by atoms with Gasteiger partial charge in [-0.25, -0.2) is 14.4 Å². The number of rotatable bonds is 8. The largest absolute Gasteiger partial charge is 0.464 e. The molecule has 9 heteroatoms. The number of nitriles is 1. The number of carbonyl (C=O) groups excluding carboxylic acids is 3. The summed E-state index contributed by atoms with van der Waals surface area (Å²) in [5.74, 6) is -1.94. The Morgan fingerprint density at radius 3 is 2.31 bits per heavy atom. The van der Waals surface area contributed by atoms with Crippen LogP contribution in [0.25, 0.3) is 0 Å². The molecule has 0 bridgehead atoms. The summed E-state index contributed by atoms with van der Waals surface area (Å²) in [4.78, 5) is 39.0. The first-order valence-corrected chi connectivity index (χ1v) is 10.8. The van der Waals surface area contributed by atoms with E-state index in [0.29, 0.717) is 5.56 Å². The predicted octanol–water partition coefficient (Wildman–Crippen LogP) is 3.71. The van der Waals surface area contributed by atoms with Gasteiger partial charge in [0.25, 0.3) is 0 Å². The molecule has 8 nitrogen and oxygen atoms in total. The highest BCUT2D eigenvalue weighted by Gasteiger charge is 2.56. The highest BCUT2D eigenvalue weighted by atomic mass is 32.1. The number of thiophene rings is 1. The number of hydrogen-bond donors (Lipinski definition) is 1. The van der Waals surface area contributed by atoms with Crippen LogP contribution >= 0.6 is 11.3 Å². The summed E-state index contributed by atoms with van der Waals surface area (Å²) in [7, 11) is 0. The number of carbonyl (C=O) groups is 3. The molecule has 0 aliphatic rings.